The summed E-state index contributed by atoms with van der Waals surface area (Å²) in [5.41, 5.74) is 2.20. The van der Waals surface area contributed by atoms with E-state index in [9.17, 15) is 0 Å². The van der Waals surface area contributed by atoms with Crippen LogP contribution in [0.25, 0.3) is 10.9 Å². The molecule has 0 bridgehead atoms. The molecule has 0 aliphatic rings. The van der Waals surface area contributed by atoms with Crippen LogP contribution in [0.15, 0.2) is 48.9 Å². The second-order valence-corrected chi connectivity index (χ2v) is 4.97. The van der Waals surface area contributed by atoms with E-state index in [2.05, 4.69) is 33.2 Å². The van der Waals surface area contributed by atoms with E-state index in [1.165, 1.54) is 11.9 Å². The van der Waals surface area contributed by atoms with Crippen LogP contribution in [-0.2, 0) is 6.54 Å². The molecule has 4 nitrogen and oxygen atoms in total. The third kappa shape index (κ3) is 2.70. The Kier molecular flexibility index (Phi) is 3.48. The van der Waals surface area contributed by atoms with Crippen LogP contribution < -0.4 is 4.90 Å². The summed E-state index contributed by atoms with van der Waals surface area (Å²) < 4.78 is 0. The van der Waals surface area contributed by atoms with Gasteiger partial charge in [-0.2, -0.15) is 0 Å². The van der Waals surface area contributed by atoms with E-state index in [4.69, 9.17) is 11.6 Å². The number of hydrogen-bond donors (Lipinski definition) is 0. The molecular weight excluding hydrogens is 272 g/mol. The molecule has 0 radical (unpaired) electrons. The molecule has 0 unspecified atom stereocenters. The Morgan fingerprint density at radius 3 is 2.85 bits per heavy atom. The van der Waals surface area contributed by atoms with Crippen molar-refractivity contribution in [3.05, 3.63) is 59.6 Å². The molecule has 1 aromatic carbocycles. The van der Waals surface area contributed by atoms with Crippen LogP contribution in [0.4, 0.5) is 5.82 Å². The second kappa shape index (κ2) is 5.43. The Morgan fingerprint density at radius 2 is 2.00 bits per heavy atom. The highest BCUT2D eigenvalue weighted by Crippen LogP contribution is 2.18. The Hall–Kier alpha value is -2.20. The van der Waals surface area contributed by atoms with Crippen molar-refractivity contribution in [3.8, 4) is 0 Å². The first-order valence-corrected chi connectivity index (χ1v) is 6.62. The fraction of sp³-hybridized carbons (Fsp3) is 0.133. The number of pyridine rings is 1. The number of aromatic nitrogens is 3. The van der Waals surface area contributed by atoms with Crippen LogP contribution in [0.1, 0.15) is 5.56 Å². The minimum absolute atomic E-state index is 0.449. The summed E-state index contributed by atoms with van der Waals surface area (Å²) in [6, 6.07) is 12.0. The summed E-state index contributed by atoms with van der Waals surface area (Å²) >= 11 is 5.88. The van der Waals surface area contributed by atoms with E-state index in [-0.39, 0.29) is 0 Å². The Bertz CT molecular complexity index is 745. The molecule has 100 valence electrons. The predicted octanol–water partition coefficient (Wildman–Crippen LogP) is 3.31. The molecule has 0 N–H and O–H groups in total. The van der Waals surface area contributed by atoms with Gasteiger partial charge in [-0.05, 0) is 23.8 Å². The molecule has 0 spiro atoms. The fourth-order valence-corrected chi connectivity index (χ4v) is 2.25. The highest BCUT2D eigenvalue weighted by atomic mass is 35.5. The van der Waals surface area contributed by atoms with Crippen LogP contribution in [0, 0.1) is 0 Å². The molecule has 20 heavy (non-hydrogen) atoms. The number of hydrogen-bond acceptors (Lipinski definition) is 4. The highest BCUT2D eigenvalue weighted by Gasteiger charge is 2.05. The first-order chi connectivity index (χ1) is 9.72. The normalized spacial score (nSPS) is 10.7. The molecule has 3 rings (SSSR count). The zero-order chi connectivity index (χ0) is 13.9. The SMILES string of the molecule is CN(Cc1ccc2ncccc2c1)c1cc(Cl)ncn1. The first kappa shape index (κ1) is 12.8. The van der Waals surface area contributed by atoms with E-state index in [0.717, 1.165) is 23.3 Å². The lowest BCUT2D eigenvalue weighted by Crippen LogP contribution is -2.17. The van der Waals surface area contributed by atoms with Crippen molar-refractivity contribution in [2.45, 2.75) is 6.54 Å². The molecule has 0 amide bonds. The zero-order valence-electron chi connectivity index (χ0n) is 11.0. The van der Waals surface area contributed by atoms with Crippen LogP contribution in [0.2, 0.25) is 5.15 Å². The fourth-order valence-electron chi connectivity index (χ4n) is 2.11. The Balaban J connectivity index is 1.85. The average Bonchev–Trinajstić information content (AvgIpc) is 2.47. The van der Waals surface area contributed by atoms with Gasteiger partial charge in [0, 0.05) is 31.2 Å². The van der Waals surface area contributed by atoms with Gasteiger partial charge in [-0.15, -0.1) is 0 Å². The van der Waals surface area contributed by atoms with Crippen molar-refractivity contribution >= 4 is 28.3 Å². The lowest BCUT2D eigenvalue weighted by Gasteiger charge is -2.18. The number of fused-ring (bicyclic) bond motifs is 1. The second-order valence-electron chi connectivity index (χ2n) is 4.59. The van der Waals surface area contributed by atoms with Crippen molar-refractivity contribution < 1.29 is 0 Å². The number of rotatable bonds is 3. The predicted molar refractivity (Wildman–Crippen MR) is 80.9 cm³/mol. The molecule has 0 aliphatic heterocycles. The zero-order valence-corrected chi connectivity index (χ0v) is 11.7. The third-order valence-corrected chi connectivity index (χ3v) is 3.30. The van der Waals surface area contributed by atoms with Gasteiger partial charge in [0.2, 0.25) is 0 Å². The molecule has 2 aromatic heterocycles. The largest absolute Gasteiger partial charge is 0.355 e. The first-order valence-electron chi connectivity index (χ1n) is 6.25. The molecular formula is C15H13ClN4. The van der Waals surface area contributed by atoms with Gasteiger partial charge in [0.15, 0.2) is 0 Å². The summed E-state index contributed by atoms with van der Waals surface area (Å²) in [5.74, 6) is 0.802. The molecule has 2 heterocycles. The van der Waals surface area contributed by atoms with Gasteiger partial charge in [-0.3, -0.25) is 4.98 Å². The number of halogens is 1. The van der Waals surface area contributed by atoms with Crippen molar-refractivity contribution in [2.75, 3.05) is 11.9 Å². The number of benzene rings is 1. The smallest absolute Gasteiger partial charge is 0.134 e. The summed E-state index contributed by atoms with van der Waals surface area (Å²) in [5, 5.41) is 1.59. The van der Waals surface area contributed by atoms with Crippen LogP contribution in [-0.4, -0.2) is 22.0 Å². The lowest BCUT2D eigenvalue weighted by molar-refractivity contribution is 0.892. The minimum Gasteiger partial charge on any atom is -0.355 e. The van der Waals surface area contributed by atoms with E-state index in [1.54, 1.807) is 12.3 Å². The van der Waals surface area contributed by atoms with Crippen molar-refractivity contribution in [2.24, 2.45) is 0 Å². The van der Waals surface area contributed by atoms with E-state index in [0.29, 0.717) is 5.15 Å². The quantitative estimate of drug-likeness (QED) is 0.692. The Labute approximate surface area is 122 Å². The number of anilines is 1. The van der Waals surface area contributed by atoms with Gasteiger partial charge in [0.25, 0.3) is 0 Å². The van der Waals surface area contributed by atoms with Crippen molar-refractivity contribution in [1.29, 1.82) is 0 Å². The number of nitrogens with zero attached hydrogens (tertiary/aromatic N) is 4. The van der Waals surface area contributed by atoms with Crippen molar-refractivity contribution in [1.82, 2.24) is 15.0 Å². The third-order valence-electron chi connectivity index (χ3n) is 3.10. The standard InChI is InChI=1S/C15H13ClN4/c1-20(15-8-14(16)18-10-19-15)9-11-4-5-13-12(7-11)3-2-6-17-13/h2-8,10H,9H2,1H3. The van der Waals surface area contributed by atoms with Crippen molar-refractivity contribution in [3.63, 3.8) is 0 Å². The van der Waals surface area contributed by atoms with Gasteiger partial charge in [-0.1, -0.05) is 23.7 Å². The maximum Gasteiger partial charge on any atom is 0.134 e. The van der Waals surface area contributed by atoms with Crippen LogP contribution in [0.3, 0.4) is 0 Å². The molecule has 3 aromatic rings. The molecule has 0 atom stereocenters. The van der Waals surface area contributed by atoms with Crippen LogP contribution in [0.5, 0.6) is 0 Å². The molecule has 0 fully saturated rings. The van der Waals surface area contributed by atoms with Gasteiger partial charge in [-0.25, -0.2) is 9.97 Å². The van der Waals surface area contributed by atoms with Gasteiger partial charge in [0.05, 0.1) is 5.52 Å². The molecule has 0 saturated carbocycles. The van der Waals surface area contributed by atoms with Crippen LogP contribution >= 0.6 is 11.6 Å². The molecule has 5 heteroatoms. The molecule has 0 saturated heterocycles. The summed E-state index contributed by atoms with van der Waals surface area (Å²) in [6.07, 6.45) is 3.27. The minimum atomic E-state index is 0.449. The van der Waals surface area contributed by atoms with Gasteiger partial charge >= 0.3 is 0 Å². The van der Waals surface area contributed by atoms with Gasteiger partial charge < -0.3 is 4.90 Å². The summed E-state index contributed by atoms with van der Waals surface area (Å²) in [6.45, 7) is 0.748. The monoisotopic (exact) mass is 284 g/mol. The molecule has 0 aliphatic carbocycles. The lowest BCUT2D eigenvalue weighted by atomic mass is 10.1. The summed E-state index contributed by atoms with van der Waals surface area (Å²) in [7, 11) is 1.98. The highest BCUT2D eigenvalue weighted by molar-refractivity contribution is 6.29. The topological polar surface area (TPSA) is 41.9 Å². The maximum absolute atomic E-state index is 5.88. The summed E-state index contributed by atoms with van der Waals surface area (Å²) in [4.78, 5) is 14.5. The van der Waals surface area contributed by atoms with Gasteiger partial charge in [0.1, 0.15) is 17.3 Å². The van der Waals surface area contributed by atoms with E-state index in [1.807, 2.05) is 24.1 Å². The van der Waals surface area contributed by atoms with E-state index < -0.39 is 0 Å². The Morgan fingerprint density at radius 1 is 1.10 bits per heavy atom. The van der Waals surface area contributed by atoms with E-state index >= 15 is 0 Å². The average molecular weight is 285 g/mol. The maximum atomic E-state index is 5.88.